The maximum absolute atomic E-state index is 11.9. The summed E-state index contributed by atoms with van der Waals surface area (Å²) in [5, 5.41) is 0. The highest BCUT2D eigenvalue weighted by Crippen LogP contribution is 2.30. The minimum Gasteiger partial charge on any atom is -0.294 e. The molecule has 1 aliphatic rings. The van der Waals surface area contributed by atoms with Crippen LogP contribution in [-0.2, 0) is 9.84 Å². The average Bonchev–Trinajstić information content (AvgIpc) is 2.17. The Morgan fingerprint density at radius 1 is 1.19 bits per heavy atom. The van der Waals surface area contributed by atoms with Gasteiger partial charge in [-0.05, 0) is 37.1 Å². The molecule has 1 aliphatic heterocycles. The summed E-state index contributed by atoms with van der Waals surface area (Å²) in [6.07, 6.45) is 0. The normalized spacial score (nSPS) is 22.9. The summed E-state index contributed by atoms with van der Waals surface area (Å²) in [5.41, 5.74) is 2.22. The van der Waals surface area contributed by atoms with Crippen molar-refractivity contribution in [3.05, 3.63) is 28.8 Å². The van der Waals surface area contributed by atoms with Gasteiger partial charge in [-0.3, -0.25) is 4.79 Å². The third-order valence-corrected chi connectivity index (χ3v) is 5.06. The van der Waals surface area contributed by atoms with Gasteiger partial charge in [-0.25, -0.2) is 8.42 Å². The van der Waals surface area contributed by atoms with Crippen molar-refractivity contribution in [2.24, 2.45) is 5.92 Å². The van der Waals surface area contributed by atoms with Gasteiger partial charge < -0.3 is 0 Å². The van der Waals surface area contributed by atoms with E-state index in [-0.39, 0.29) is 16.4 Å². The molecule has 4 heteroatoms. The van der Waals surface area contributed by atoms with E-state index in [0.717, 1.165) is 11.1 Å². The number of sulfone groups is 1. The number of hydrogen-bond acceptors (Lipinski definition) is 3. The molecule has 0 amide bonds. The second-order valence-electron chi connectivity index (χ2n) is 4.48. The van der Waals surface area contributed by atoms with E-state index < -0.39 is 15.8 Å². The highest BCUT2D eigenvalue weighted by Gasteiger charge is 2.34. The first-order valence-corrected chi connectivity index (χ1v) is 6.86. The molecule has 0 saturated heterocycles. The van der Waals surface area contributed by atoms with Crippen LogP contribution in [0.15, 0.2) is 17.0 Å². The van der Waals surface area contributed by atoms with E-state index in [0.29, 0.717) is 5.56 Å². The molecule has 1 heterocycles. The number of carbonyl (C=O) groups excluding carboxylic acids is 1. The van der Waals surface area contributed by atoms with Crippen LogP contribution in [0.3, 0.4) is 0 Å². The number of fused-ring (bicyclic) bond motifs is 1. The van der Waals surface area contributed by atoms with Gasteiger partial charge in [0.25, 0.3) is 0 Å². The van der Waals surface area contributed by atoms with E-state index in [1.165, 1.54) is 0 Å². The van der Waals surface area contributed by atoms with E-state index in [1.807, 2.05) is 13.8 Å². The second kappa shape index (κ2) is 3.42. The van der Waals surface area contributed by atoms with Gasteiger partial charge in [0.2, 0.25) is 0 Å². The first-order valence-electron chi connectivity index (χ1n) is 5.21. The van der Waals surface area contributed by atoms with Crippen LogP contribution in [0, 0.1) is 19.8 Å². The van der Waals surface area contributed by atoms with E-state index in [2.05, 4.69) is 0 Å². The van der Waals surface area contributed by atoms with Crippen molar-refractivity contribution in [1.82, 2.24) is 0 Å². The lowest BCUT2D eigenvalue weighted by atomic mass is 9.97. The van der Waals surface area contributed by atoms with Gasteiger partial charge in [0.15, 0.2) is 15.6 Å². The van der Waals surface area contributed by atoms with E-state index in [4.69, 9.17) is 0 Å². The van der Waals surface area contributed by atoms with Gasteiger partial charge in [0, 0.05) is 11.5 Å². The molecule has 1 aromatic rings. The first-order chi connectivity index (χ1) is 7.33. The molecule has 0 spiro atoms. The second-order valence-corrected chi connectivity index (χ2v) is 6.48. The summed E-state index contributed by atoms with van der Waals surface area (Å²) in [7, 11) is -3.28. The molecule has 1 atom stereocenters. The monoisotopic (exact) mass is 238 g/mol. The lowest BCUT2D eigenvalue weighted by Gasteiger charge is -2.21. The predicted octanol–water partition coefficient (Wildman–Crippen LogP) is 1.91. The summed E-state index contributed by atoms with van der Waals surface area (Å²) in [6, 6.07) is 3.31. The van der Waals surface area contributed by atoms with Crippen LogP contribution in [-0.4, -0.2) is 20.0 Å². The number of aryl methyl sites for hydroxylation is 2. The zero-order chi connectivity index (χ0) is 12.1. The molecule has 0 aromatic heterocycles. The number of carbonyl (C=O) groups is 1. The molecular weight excluding hydrogens is 224 g/mol. The van der Waals surface area contributed by atoms with Crippen molar-refractivity contribution in [3.63, 3.8) is 0 Å². The molecule has 0 aliphatic carbocycles. The Labute approximate surface area is 95.4 Å². The number of hydrogen-bond donors (Lipinski definition) is 0. The van der Waals surface area contributed by atoms with Gasteiger partial charge in [-0.15, -0.1) is 0 Å². The summed E-state index contributed by atoms with van der Waals surface area (Å²) >= 11 is 0. The lowest BCUT2D eigenvalue weighted by molar-refractivity contribution is 0.0933. The van der Waals surface area contributed by atoms with E-state index in [9.17, 15) is 13.2 Å². The number of benzene rings is 1. The maximum atomic E-state index is 11.9. The van der Waals surface area contributed by atoms with Crippen LogP contribution >= 0.6 is 0 Å². The molecule has 0 bridgehead atoms. The average molecular weight is 238 g/mol. The zero-order valence-electron chi connectivity index (χ0n) is 9.57. The zero-order valence-corrected chi connectivity index (χ0v) is 10.4. The maximum Gasteiger partial charge on any atom is 0.179 e. The Balaban J connectivity index is 2.80. The van der Waals surface area contributed by atoms with Gasteiger partial charge in [-0.2, -0.15) is 0 Å². The predicted molar refractivity (Wildman–Crippen MR) is 61.5 cm³/mol. The fourth-order valence-corrected chi connectivity index (χ4v) is 3.84. The van der Waals surface area contributed by atoms with Crippen LogP contribution in [0.4, 0.5) is 0 Å². The minimum absolute atomic E-state index is 0.0621. The van der Waals surface area contributed by atoms with E-state index >= 15 is 0 Å². The molecule has 16 heavy (non-hydrogen) atoms. The third kappa shape index (κ3) is 1.57. The van der Waals surface area contributed by atoms with Crippen LogP contribution in [0.5, 0.6) is 0 Å². The molecule has 0 saturated carbocycles. The largest absolute Gasteiger partial charge is 0.294 e. The fraction of sp³-hybridized carbons (Fsp3) is 0.417. The van der Waals surface area contributed by atoms with Crippen LogP contribution in [0.1, 0.15) is 28.4 Å². The van der Waals surface area contributed by atoms with Gasteiger partial charge >= 0.3 is 0 Å². The SMILES string of the molecule is Cc1cc2c(cc1C)S(=O)(=O)CC(C)C2=O. The first kappa shape index (κ1) is 11.3. The smallest absolute Gasteiger partial charge is 0.179 e. The van der Waals surface area contributed by atoms with Crippen molar-refractivity contribution >= 4 is 15.6 Å². The van der Waals surface area contributed by atoms with Gasteiger partial charge in [0.1, 0.15) is 0 Å². The molecule has 0 radical (unpaired) electrons. The Kier molecular flexibility index (Phi) is 2.42. The summed E-state index contributed by atoms with van der Waals surface area (Å²) in [4.78, 5) is 12.1. The standard InChI is InChI=1S/C12H14O3S/c1-7-4-10-11(5-8(7)2)16(14,15)6-9(3)12(10)13/h4-5,9H,6H2,1-3H3. The lowest BCUT2D eigenvalue weighted by Crippen LogP contribution is -2.29. The van der Waals surface area contributed by atoms with Gasteiger partial charge in [0.05, 0.1) is 10.6 Å². The Morgan fingerprint density at radius 2 is 1.75 bits per heavy atom. The Bertz CT molecular complexity index is 570. The van der Waals surface area contributed by atoms with E-state index in [1.54, 1.807) is 19.1 Å². The molecule has 86 valence electrons. The molecule has 3 nitrogen and oxygen atoms in total. The highest BCUT2D eigenvalue weighted by molar-refractivity contribution is 7.91. The molecule has 1 unspecified atom stereocenters. The quantitative estimate of drug-likeness (QED) is 0.693. The molecule has 0 N–H and O–H groups in total. The van der Waals surface area contributed by atoms with Gasteiger partial charge in [-0.1, -0.05) is 6.92 Å². The van der Waals surface area contributed by atoms with Crippen molar-refractivity contribution < 1.29 is 13.2 Å². The Hall–Kier alpha value is -1.16. The van der Waals surface area contributed by atoms with Crippen LogP contribution in [0.2, 0.25) is 0 Å². The number of ketones is 1. The fourth-order valence-electron chi connectivity index (χ4n) is 2.00. The highest BCUT2D eigenvalue weighted by atomic mass is 32.2. The molecule has 2 rings (SSSR count). The van der Waals surface area contributed by atoms with Crippen molar-refractivity contribution in [3.8, 4) is 0 Å². The molecule has 0 fully saturated rings. The summed E-state index contributed by atoms with van der Waals surface area (Å²) < 4.78 is 23.9. The molecule has 1 aromatic carbocycles. The van der Waals surface area contributed by atoms with Crippen molar-refractivity contribution in [2.45, 2.75) is 25.7 Å². The van der Waals surface area contributed by atoms with Crippen LogP contribution in [0.25, 0.3) is 0 Å². The number of rotatable bonds is 0. The van der Waals surface area contributed by atoms with Crippen molar-refractivity contribution in [1.29, 1.82) is 0 Å². The van der Waals surface area contributed by atoms with Crippen LogP contribution < -0.4 is 0 Å². The Morgan fingerprint density at radius 3 is 2.38 bits per heavy atom. The van der Waals surface area contributed by atoms with Crippen molar-refractivity contribution in [2.75, 3.05) is 5.75 Å². The summed E-state index contributed by atoms with van der Waals surface area (Å²) in [5.74, 6) is -0.561. The number of Topliss-reactive ketones (excluding diaryl/α,β-unsaturated/α-hetero) is 1. The minimum atomic E-state index is -3.28. The third-order valence-electron chi connectivity index (χ3n) is 3.11. The summed E-state index contributed by atoms with van der Waals surface area (Å²) in [6.45, 7) is 5.40. The molecular formula is C12H14O3S. The topological polar surface area (TPSA) is 51.2 Å².